The Morgan fingerprint density at radius 2 is 0.495 bits per heavy atom. The van der Waals surface area contributed by atoms with Crippen LogP contribution in [0, 0.1) is 0 Å². The van der Waals surface area contributed by atoms with Crippen LogP contribution in [-0.4, -0.2) is 18.4 Å². The number of rotatable bonds is 5. The zero-order valence-electron chi connectivity index (χ0n) is 51.9. The molecule has 0 aliphatic rings. The largest absolute Gasteiger partial charge is 0.355 e. The van der Waals surface area contributed by atoms with E-state index in [0.717, 1.165) is 86.2 Å². The van der Waals surface area contributed by atoms with Crippen LogP contribution in [0.3, 0.4) is 0 Å². The van der Waals surface area contributed by atoms with Crippen molar-refractivity contribution >= 4 is 135 Å². The van der Waals surface area contributed by atoms with Crippen molar-refractivity contribution in [2.75, 3.05) is 0 Å². The molecule has 20 aromatic rings. The van der Waals surface area contributed by atoms with Crippen molar-refractivity contribution in [2.45, 2.75) is 0 Å². The van der Waals surface area contributed by atoms with Crippen LogP contribution < -0.4 is 22.2 Å². The summed E-state index contributed by atoms with van der Waals surface area (Å²) in [6.07, 6.45) is 0. The topological polar surface area (TPSA) is 97.8 Å². The SMILES string of the molecule is O=c1c2ccccc2c2cc(-n3c4ccc(-c5ccccc5)cc4c4cc(-c5ccccc5)ccc43)cc3c4ccccc4c(=O)n1c23.O=c1c2ccccc2c2cc(Br)cc3c4ccccc4c(=O)n1c23.c1ccc(-c2ccc3[nH]c4ccc(-c5ccccc5)cc4c3c2)cc1. The molecule has 0 radical (unpaired) electrons. The van der Waals surface area contributed by atoms with Crippen molar-refractivity contribution < 1.29 is 0 Å². The van der Waals surface area contributed by atoms with Crippen LogP contribution in [0.15, 0.2) is 339 Å². The molecule has 9 heteroatoms. The summed E-state index contributed by atoms with van der Waals surface area (Å²) in [6, 6.07) is 107. The van der Waals surface area contributed by atoms with Gasteiger partial charge < -0.3 is 9.55 Å². The third-order valence-electron chi connectivity index (χ3n) is 19.3. The van der Waals surface area contributed by atoms with Gasteiger partial charge in [0.05, 0.1) is 22.1 Å². The van der Waals surface area contributed by atoms with Gasteiger partial charge in [0.15, 0.2) is 0 Å². The molecule has 0 amide bonds. The van der Waals surface area contributed by atoms with E-state index in [1.54, 1.807) is 12.1 Å². The molecule has 6 heterocycles. The quantitative estimate of drug-likeness (QED) is 0.137. The molecule has 20 rings (SSSR count). The van der Waals surface area contributed by atoms with Gasteiger partial charge in [-0.1, -0.05) is 234 Å². The Bertz CT molecular complexity index is 6450. The zero-order chi connectivity index (χ0) is 65.0. The van der Waals surface area contributed by atoms with E-state index < -0.39 is 0 Å². The summed E-state index contributed by atoms with van der Waals surface area (Å²) in [5, 5.41) is 14.0. The van der Waals surface area contributed by atoms with Gasteiger partial charge in [0.2, 0.25) is 0 Å². The fourth-order valence-electron chi connectivity index (χ4n) is 14.8. The molecule has 8 nitrogen and oxygen atoms in total. The fourth-order valence-corrected chi connectivity index (χ4v) is 15.2. The maximum atomic E-state index is 13.9. The van der Waals surface area contributed by atoms with Crippen LogP contribution in [0.25, 0.3) is 169 Å². The molecule has 14 aromatic carbocycles. The van der Waals surface area contributed by atoms with E-state index in [2.05, 4.69) is 220 Å². The summed E-state index contributed by atoms with van der Waals surface area (Å²) in [5.74, 6) is 0. The number of hydrogen-bond donors (Lipinski definition) is 1. The third kappa shape index (κ3) is 9.34. The lowest BCUT2D eigenvalue weighted by molar-refractivity contribution is 1.09. The first-order valence-electron chi connectivity index (χ1n) is 32.2. The van der Waals surface area contributed by atoms with Crippen molar-refractivity contribution in [1.29, 1.82) is 0 Å². The van der Waals surface area contributed by atoms with Crippen LogP contribution in [-0.2, 0) is 0 Å². The minimum atomic E-state index is -0.287. The summed E-state index contributed by atoms with van der Waals surface area (Å²) < 4.78 is 5.95. The Kier molecular flexibility index (Phi) is 13.5. The van der Waals surface area contributed by atoms with Crippen molar-refractivity contribution in [1.82, 2.24) is 18.4 Å². The average molecular weight is 1310 g/mol. The maximum Gasteiger partial charge on any atom is 0.266 e. The first-order chi connectivity index (χ1) is 47.7. The minimum absolute atomic E-state index is 0.263. The molecular weight excluding hydrogens is 1260 g/mol. The number of hydrogen-bond acceptors (Lipinski definition) is 4. The predicted octanol–water partition coefficient (Wildman–Crippen LogP) is 21.0. The third-order valence-corrected chi connectivity index (χ3v) is 19.7. The van der Waals surface area contributed by atoms with Crippen LogP contribution in [0.2, 0.25) is 0 Å². The Morgan fingerprint density at radius 3 is 0.814 bits per heavy atom. The van der Waals surface area contributed by atoms with Gasteiger partial charge in [-0.25, -0.2) is 8.80 Å². The van der Waals surface area contributed by atoms with Crippen LogP contribution in [0.4, 0.5) is 0 Å². The summed E-state index contributed by atoms with van der Waals surface area (Å²) >= 11 is 3.57. The molecule has 97 heavy (non-hydrogen) atoms. The van der Waals surface area contributed by atoms with Crippen molar-refractivity contribution in [3.63, 3.8) is 0 Å². The minimum Gasteiger partial charge on any atom is -0.355 e. The maximum absolute atomic E-state index is 13.9. The molecule has 0 saturated heterocycles. The zero-order valence-corrected chi connectivity index (χ0v) is 53.5. The highest BCUT2D eigenvalue weighted by Crippen LogP contribution is 2.41. The van der Waals surface area contributed by atoms with Gasteiger partial charge in [-0.05, 0) is 163 Å². The number of benzene rings is 14. The van der Waals surface area contributed by atoms with Crippen molar-refractivity contribution in [3.05, 3.63) is 361 Å². The van der Waals surface area contributed by atoms with E-state index in [1.807, 2.05) is 109 Å². The second-order valence-electron chi connectivity index (χ2n) is 24.7. The smallest absolute Gasteiger partial charge is 0.266 e. The number of nitrogens with one attached hydrogen (secondary N) is 1. The molecule has 0 atom stereocenters. The first kappa shape index (κ1) is 57.1. The number of aromatic amines is 1. The van der Waals surface area contributed by atoms with Gasteiger partial charge in [0.1, 0.15) is 0 Å². The number of pyridine rings is 4. The predicted molar refractivity (Wildman–Crippen MR) is 407 cm³/mol. The Morgan fingerprint density at radius 1 is 0.227 bits per heavy atom. The number of nitrogens with zero attached hydrogens (tertiary/aromatic N) is 3. The van der Waals surface area contributed by atoms with Gasteiger partial charge in [-0.3, -0.25) is 19.2 Å². The summed E-state index contributed by atoms with van der Waals surface area (Å²) in [6.45, 7) is 0. The molecule has 1 N–H and O–H groups in total. The lowest BCUT2D eigenvalue weighted by atomic mass is 9.98. The lowest BCUT2D eigenvalue weighted by Crippen LogP contribution is -2.27. The summed E-state index contributed by atoms with van der Waals surface area (Å²) in [4.78, 5) is 57.3. The monoisotopic (exact) mass is 1310 g/mol. The van der Waals surface area contributed by atoms with E-state index in [-0.39, 0.29) is 22.2 Å². The lowest BCUT2D eigenvalue weighted by Gasteiger charge is -2.16. The standard InChI is InChI=1S/C44H26N2O2.C24H17N.C20H10BrNO2/c47-43-34-17-9-7-15-32(34)38-25-31(26-39-33-16-8-10-18-35(33)44(48)46(43)42(38)39)45-40-21-19-29(27-11-3-1-4-12-27)23-36(40)37-24-30(20-22-41(37)45)28-13-5-2-6-14-28;1-3-7-17(8-4-1)19-11-13-23-21(15-19)22-16-20(12-14-24(22)25-23)18-9-5-2-6-10-18;21-11-9-16-12-5-1-3-7-14(12)19(23)22-18(16)17(10-11)13-6-2-4-8-15(13)20(22)24/h1-26H;1-16,25H;1-10H. The molecule has 0 aliphatic carbocycles. The molecular formula is C88H53BrN4O4. The van der Waals surface area contributed by atoms with E-state index in [9.17, 15) is 19.2 Å². The molecule has 0 fully saturated rings. The Hall–Kier alpha value is -12.6. The molecule has 0 bridgehead atoms. The molecule has 0 unspecified atom stereocenters. The van der Waals surface area contributed by atoms with Gasteiger partial charge in [0.25, 0.3) is 22.2 Å². The second-order valence-corrected chi connectivity index (χ2v) is 25.6. The highest BCUT2D eigenvalue weighted by Gasteiger charge is 2.22. The van der Waals surface area contributed by atoms with E-state index in [4.69, 9.17) is 0 Å². The first-order valence-corrected chi connectivity index (χ1v) is 33.0. The fraction of sp³-hybridized carbons (Fsp3) is 0. The molecule has 0 saturated carbocycles. The molecule has 0 aliphatic heterocycles. The number of aromatic nitrogens is 4. The molecule has 0 spiro atoms. The number of H-pyrrole nitrogens is 1. The van der Waals surface area contributed by atoms with Gasteiger partial charge in [-0.15, -0.1) is 0 Å². The summed E-state index contributed by atoms with van der Waals surface area (Å²) in [7, 11) is 0. The number of fused-ring (bicyclic) bond motifs is 14. The van der Waals surface area contributed by atoms with Crippen LogP contribution in [0.1, 0.15) is 0 Å². The van der Waals surface area contributed by atoms with Crippen molar-refractivity contribution in [2.24, 2.45) is 0 Å². The molecule has 6 aromatic heterocycles. The Labute approximate surface area is 561 Å². The van der Waals surface area contributed by atoms with E-state index in [1.165, 1.54) is 64.0 Å². The van der Waals surface area contributed by atoms with E-state index in [0.29, 0.717) is 32.6 Å². The highest BCUT2D eigenvalue weighted by molar-refractivity contribution is 9.10. The van der Waals surface area contributed by atoms with Crippen LogP contribution >= 0.6 is 15.9 Å². The van der Waals surface area contributed by atoms with E-state index >= 15 is 0 Å². The normalized spacial score (nSPS) is 11.7. The van der Waals surface area contributed by atoms with Crippen molar-refractivity contribution in [3.8, 4) is 50.2 Å². The highest BCUT2D eigenvalue weighted by atomic mass is 79.9. The Balaban J connectivity index is 0.000000117. The van der Waals surface area contributed by atoms with Gasteiger partial charge in [-0.2, -0.15) is 0 Å². The van der Waals surface area contributed by atoms with Gasteiger partial charge in [0, 0.05) is 85.8 Å². The van der Waals surface area contributed by atoms with Crippen LogP contribution in [0.5, 0.6) is 0 Å². The average Bonchev–Trinajstić information content (AvgIpc) is 1.00. The number of halogens is 1. The molecule has 456 valence electrons. The summed E-state index contributed by atoms with van der Waals surface area (Å²) in [5.41, 5.74) is 15.4. The second kappa shape index (κ2) is 22.9. The van der Waals surface area contributed by atoms with Gasteiger partial charge >= 0.3 is 0 Å².